The Morgan fingerprint density at radius 3 is 2.53 bits per heavy atom. The Balaban J connectivity index is 2.04. The van der Waals surface area contributed by atoms with Gasteiger partial charge in [-0.15, -0.1) is 0 Å². The van der Waals surface area contributed by atoms with Crippen molar-refractivity contribution < 1.29 is 0 Å². The first-order valence-electron chi connectivity index (χ1n) is 6.14. The van der Waals surface area contributed by atoms with E-state index < -0.39 is 0 Å². The van der Waals surface area contributed by atoms with Crippen LogP contribution in [0.25, 0.3) is 16.7 Å². The van der Waals surface area contributed by atoms with E-state index in [0.717, 1.165) is 11.1 Å². The molecular formula is C15H14N4. The Morgan fingerprint density at radius 2 is 1.79 bits per heavy atom. The van der Waals surface area contributed by atoms with E-state index in [1.807, 2.05) is 18.6 Å². The van der Waals surface area contributed by atoms with Crippen LogP contribution >= 0.6 is 0 Å². The van der Waals surface area contributed by atoms with Gasteiger partial charge in [0.1, 0.15) is 6.33 Å². The van der Waals surface area contributed by atoms with Crippen LogP contribution in [0.3, 0.4) is 0 Å². The van der Waals surface area contributed by atoms with E-state index in [1.54, 1.807) is 12.7 Å². The summed E-state index contributed by atoms with van der Waals surface area (Å²) in [7, 11) is 0. The van der Waals surface area contributed by atoms with Gasteiger partial charge in [-0.2, -0.15) is 0 Å². The summed E-state index contributed by atoms with van der Waals surface area (Å²) in [5.74, 6) is 0. The first-order valence-corrected chi connectivity index (χ1v) is 6.14. The first kappa shape index (κ1) is 11.6. The second-order valence-corrected chi connectivity index (χ2v) is 4.52. The minimum atomic E-state index is 0.710. The first-order chi connectivity index (χ1) is 9.33. The number of aliphatic imine (C=N–C) groups is 1. The maximum absolute atomic E-state index is 4.24. The Labute approximate surface area is 112 Å². The number of nitrogens with one attached hydrogen (secondary N) is 1. The standard InChI is InChI=1S/C15H14N4/c1-11-2-12(14-5-16-9-17-6-14)4-13(3-11)15-7-18-10-19-8-15/h2-7,9-10H,8H2,1H3,(H,18,19). The third-order valence-corrected chi connectivity index (χ3v) is 3.03. The lowest BCUT2D eigenvalue weighted by Crippen LogP contribution is -2.09. The van der Waals surface area contributed by atoms with Crippen LogP contribution in [0.15, 0.2) is 48.1 Å². The van der Waals surface area contributed by atoms with Gasteiger partial charge in [0.05, 0.1) is 12.9 Å². The van der Waals surface area contributed by atoms with Gasteiger partial charge in [-0.05, 0) is 35.3 Å². The zero-order chi connectivity index (χ0) is 13.1. The van der Waals surface area contributed by atoms with Gasteiger partial charge in [0, 0.05) is 24.2 Å². The summed E-state index contributed by atoms with van der Waals surface area (Å²) in [5, 5.41) is 3.03. The highest BCUT2D eigenvalue weighted by Crippen LogP contribution is 2.25. The van der Waals surface area contributed by atoms with Crippen molar-refractivity contribution in [2.45, 2.75) is 6.92 Å². The molecule has 0 spiro atoms. The third-order valence-electron chi connectivity index (χ3n) is 3.03. The highest BCUT2D eigenvalue weighted by atomic mass is 14.9. The normalized spacial score (nSPS) is 13.8. The summed E-state index contributed by atoms with van der Waals surface area (Å²) >= 11 is 0. The molecule has 0 saturated heterocycles. The summed E-state index contributed by atoms with van der Waals surface area (Å²) in [6.45, 7) is 2.80. The monoisotopic (exact) mass is 250 g/mol. The van der Waals surface area contributed by atoms with Crippen molar-refractivity contribution in [2.75, 3.05) is 6.54 Å². The third kappa shape index (κ3) is 2.52. The molecule has 4 nitrogen and oxygen atoms in total. The molecule has 94 valence electrons. The van der Waals surface area contributed by atoms with Crippen LogP contribution in [0.4, 0.5) is 0 Å². The average molecular weight is 250 g/mol. The molecule has 1 aromatic carbocycles. The SMILES string of the molecule is Cc1cc(C2=CNC=NC2)cc(-c2cncnc2)c1. The Bertz CT molecular complexity index is 644. The van der Waals surface area contributed by atoms with Crippen LogP contribution in [0.2, 0.25) is 0 Å². The zero-order valence-electron chi connectivity index (χ0n) is 10.7. The van der Waals surface area contributed by atoms with Gasteiger partial charge in [0.15, 0.2) is 0 Å². The van der Waals surface area contributed by atoms with Crippen molar-refractivity contribution in [3.05, 3.63) is 54.2 Å². The van der Waals surface area contributed by atoms with E-state index >= 15 is 0 Å². The number of benzene rings is 1. The number of hydrogen-bond acceptors (Lipinski definition) is 4. The van der Waals surface area contributed by atoms with Gasteiger partial charge < -0.3 is 5.32 Å². The lowest BCUT2D eigenvalue weighted by molar-refractivity contribution is 1.15. The minimum Gasteiger partial charge on any atom is -0.353 e. The van der Waals surface area contributed by atoms with Crippen LogP contribution in [-0.4, -0.2) is 22.9 Å². The molecule has 0 unspecified atom stereocenters. The highest BCUT2D eigenvalue weighted by molar-refractivity contribution is 5.77. The molecule has 0 fully saturated rings. The van der Waals surface area contributed by atoms with Crippen molar-refractivity contribution >= 4 is 11.9 Å². The van der Waals surface area contributed by atoms with E-state index in [4.69, 9.17) is 0 Å². The van der Waals surface area contributed by atoms with Crippen molar-refractivity contribution in [1.29, 1.82) is 0 Å². The van der Waals surface area contributed by atoms with Gasteiger partial charge in [-0.1, -0.05) is 12.1 Å². The smallest absolute Gasteiger partial charge is 0.115 e. The summed E-state index contributed by atoms with van der Waals surface area (Å²) in [5.41, 5.74) is 5.74. The number of nitrogens with zero attached hydrogens (tertiary/aromatic N) is 3. The van der Waals surface area contributed by atoms with Gasteiger partial charge in [0.25, 0.3) is 0 Å². The van der Waals surface area contributed by atoms with Gasteiger partial charge in [-0.3, -0.25) is 4.99 Å². The van der Waals surface area contributed by atoms with Crippen LogP contribution < -0.4 is 5.32 Å². The van der Waals surface area contributed by atoms with Crippen LogP contribution in [0, 0.1) is 6.92 Å². The van der Waals surface area contributed by atoms with E-state index in [-0.39, 0.29) is 0 Å². The van der Waals surface area contributed by atoms with Gasteiger partial charge in [0.2, 0.25) is 0 Å². The molecule has 2 aromatic rings. The maximum Gasteiger partial charge on any atom is 0.115 e. The molecular weight excluding hydrogens is 236 g/mol. The topological polar surface area (TPSA) is 50.2 Å². The number of rotatable bonds is 2. The molecule has 0 amide bonds. The molecule has 0 atom stereocenters. The molecule has 1 aliphatic heterocycles. The van der Waals surface area contributed by atoms with E-state index in [9.17, 15) is 0 Å². The van der Waals surface area contributed by atoms with Crippen molar-refractivity contribution in [2.24, 2.45) is 4.99 Å². The summed E-state index contributed by atoms with van der Waals surface area (Å²) in [4.78, 5) is 12.4. The Kier molecular flexibility index (Phi) is 3.06. The molecule has 0 saturated carbocycles. The molecule has 0 radical (unpaired) electrons. The summed E-state index contributed by atoms with van der Waals surface area (Å²) in [6, 6.07) is 6.46. The average Bonchev–Trinajstić information content (AvgIpc) is 2.48. The largest absolute Gasteiger partial charge is 0.353 e. The van der Waals surface area contributed by atoms with Crippen LogP contribution in [0.5, 0.6) is 0 Å². The Morgan fingerprint density at radius 1 is 1.00 bits per heavy atom. The van der Waals surface area contributed by atoms with Gasteiger partial charge >= 0.3 is 0 Å². The molecule has 1 aliphatic rings. The predicted octanol–water partition coefficient (Wildman–Crippen LogP) is 2.42. The fourth-order valence-electron chi connectivity index (χ4n) is 2.14. The van der Waals surface area contributed by atoms with E-state index in [2.05, 4.69) is 45.4 Å². The fourth-order valence-corrected chi connectivity index (χ4v) is 2.14. The van der Waals surface area contributed by atoms with Gasteiger partial charge in [-0.25, -0.2) is 9.97 Å². The molecule has 19 heavy (non-hydrogen) atoms. The molecule has 2 heterocycles. The molecule has 0 bridgehead atoms. The zero-order valence-corrected chi connectivity index (χ0v) is 10.7. The summed E-state index contributed by atoms with van der Waals surface area (Å²) in [6.07, 6.45) is 8.91. The Hall–Kier alpha value is -2.49. The van der Waals surface area contributed by atoms with Crippen molar-refractivity contribution in [1.82, 2.24) is 15.3 Å². The van der Waals surface area contributed by atoms with E-state index in [1.165, 1.54) is 16.7 Å². The second-order valence-electron chi connectivity index (χ2n) is 4.52. The number of aromatic nitrogens is 2. The molecule has 1 N–H and O–H groups in total. The maximum atomic E-state index is 4.24. The fraction of sp³-hybridized carbons (Fsp3) is 0.133. The van der Waals surface area contributed by atoms with Crippen LogP contribution in [0.1, 0.15) is 11.1 Å². The molecule has 0 aliphatic carbocycles. The lowest BCUT2D eigenvalue weighted by atomic mass is 9.98. The minimum absolute atomic E-state index is 0.710. The molecule has 4 heteroatoms. The van der Waals surface area contributed by atoms with E-state index in [0.29, 0.717) is 6.54 Å². The molecule has 1 aromatic heterocycles. The van der Waals surface area contributed by atoms with Crippen molar-refractivity contribution in [3.63, 3.8) is 0 Å². The molecule has 3 rings (SSSR count). The lowest BCUT2D eigenvalue weighted by Gasteiger charge is -2.12. The predicted molar refractivity (Wildman–Crippen MR) is 76.7 cm³/mol. The van der Waals surface area contributed by atoms with Crippen molar-refractivity contribution in [3.8, 4) is 11.1 Å². The van der Waals surface area contributed by atoms with Crippen LogP contribution in [-0.2, 0) is 0 Å². The highest BCUT2D eigenvalue weighted by Gasteiger charge is 2.07. The number of aryl methyl sites for hydroxylation is 1. The summed E-state index contributed by atoms with van der Waals surface area (Å²) < 4.78 is 0. The second kappa shape index (κ2) is 5.02. The number of hydrogen-bond donors (Lipinski definition) is 1. The quantitative estimate of drug-likeness (QED) is 0.890.